The number of hydrogen-bond donors (Lipinski definition) is 0. The molecule has 6 heterocycles. The summed E-state index contributed by atoms with van der Waals surface area (Å²) in [6.45, 7) is 20.3. The molecule has 6 atom stereocenters. The predicted molar refractivity (Wildman–Crippen MR) is 469 cm³/mol. The maximum Gasteiger partial charge on any atom is 0.216 e. The molecule has 0 spiro atoms. The number of aromatic nitrogens is 6. The van der Waals surface area contributed by atoms with Crippen LogP contribution in [0, 0.1) is 58.8 Å². The first-order chi connectivity index (χ1) is 57.7. The van der Waals surface area contributed by atoms with Gasteiger partial charge in [-0.2, -0.15) is 0 Å². The van der Waals surface area contributed by atoms with Crippen LogP contribution in [0.2, 0.25) is 0 Å². The fourth-order valence-corrected chi connectivity index (χ4v) is 22.8. The number of pyridine rings is 6. The largest absolute Gasteiger partial charge is 0.216 e. The van der Waals surface area contributed by atoms with Crippen molar-refractivity contribution in [3.05, 3.63) is 319 Å². The number of nitrogens with zero attached hydrogens (tertiary/aromatic N) is 6. The van der Waals surface area contributed by atoms with Gasteiger partial charge in [-0.3, -0.25) is 0 Å². The fourth-order valence-electron chi connectivity index (χ4n) is 22.8. The SMILES string of the molecule is Cc1ccccc1-c1cc2c(c[n+]1C)C1(C)CCC2C1(C)C.Cc1ccccc1-c1cc2c(c[n+]1C)C1CCC2C1.Cc1ccccc1-c1cc2c(c[n+]1C)CC1CC2C1.[2H]C1([2H])CC([2H])([2H])c2c1cc[n+](C)c2-c1ccccc1C.[2H]C12CC(Cc3c[n+](C)c(-c4ccccc4C)cc31)C2.[2H]C12CCC(C1)c1c[n+](C)c(-c3ccccc3C)cc12. The summed E-state index contributed by atoms with van der Waals surface area (Å²) in [4.78, 5) is 0. The number of hydrogen-bond acceptors (Lipinski definition) is 0. The summed E-state index contributed by atoms with van der Waals surface area (Å²) < 4.78 is 63.5. The summed E-state index contributed by atoms with van der Waals surface area (Å²) in [7, 11) is 12.7. The summed E-state index contributed by atoms with van der Waals surface area (Å²) >= 11 is 0. The van der Waals surface area contributed by atoms with Crippen molar-refractivity contribution in [2.45, 2.75) is 218 Å². The first-order valence-corrected chi connectivity index (χ1v) is 43.3. The normalized spacial score (nSPS) is 26.0. The maximum absolute atomic E-state index is 8.73. The van der Waals surface area contributed by atoms with Crippen molar-refractivity contribution in [1.82, 2.24) is 0 Å². The van der Waals surface area contributed by atoms with Gasteiger partial charge in [0.25, 0.3) is 0 Å². The predicted octanol–water partition coefficient (Wildman–Crippen LogP) is 22.4. The molecule has 0 radical (unpaired) electrons. The number of rotatable bonds is 6. The second kappa shape index (κ2) is 30.7. The van der Waals surface area contributed by atoms with Crippen molar-refractivity contribution in [1.29, 1.82) is 0 Å². The molecule has 0 aliphatic heterocycles. The van der Waals surface area contributed by atoms with Crippen molar-refractivity contribution >= 4 is 0 Å². The topological polar surface area (TPSA) is 23.3 Å². The van der Waals surface area contributed by atoms with Crippen LogP contribution in [-0.4, -0.2) is 0 Å². The Morgan fingerprint density at radius 1 is 0.339 bits per heavy atom. The molecule has 6 aromatic heterocycles. The van der Waals surface area contributed by atoms with Crippen LogP contribution in [0.15, 0.2) is 219 Å². The lowest BCUT2D eigenvalue weighted by atomic mass is 9.63. The molecule has 5 fully saturated rings. The summed E-state index contributed by atoms with van der Waals surface area (Å²) in [5, 5.41) is 0. The third-order valence-corrected chi connectivity index (χ3v) is 29.8. The zero-order chi connectivity index (χ0) is 84.9. The Hall–Kier alpha value is -9.78. The second-order valence-electron chi connectivity index (χ2n) is 37.1. The Kier molecular flexibility index (Phi) is 18.6. The van der Waals surface area contributed by atoms with Crippen LogP contribution in [0.25, 0.3) is 67.5 Å². The molecule has 584 valence electrons. The molecular formula is C109H124N6+6. The van der Waals surface area contributed by atoms with E-state index in [1.807, 2.05) is 49.0 Å². The monoisotopic (exact) mass is 1520 g/mol. The van der Waals surface area contributed by atoms with E-state index in [1.54, 1.807) is 39.4 Å². The van der Waals surface area contributed by atoms with Crippen LogP contribution in [0.4, 0.5) is 0 Å². The van der Waals surface area contributed by atoms with E-state index in [0.29, 0.717) is 27.9 Å². The van der Waals surface area contributed by atoms with Gasteiger partial charge >= 0.3 is 0 Å². The minimum Gasteiger partial charge on any atom is -0.201 e. The Labute approximate surface area is 696 Å². The Morgan fingerprint density at radius 3 is 1.25 bits per heavy atom. The van der Waals surface area contributed by atoms with Crippen LogP contribution in [0.1, 0.15) is 254 Å². The molecule has 115 heavy (non-hydrogen) atoms. The van der Waals surface area contributed by atoms with Crippen LogP contribution in [0.5, 0.6) is 0 Å². The second-order valence-corrected chi connectivity index (χ2v) is 37.1. The van der Waals surface area contributed by atoms with Gasteiger partial charge in [-0.15, -0.1) is 0 Å². The zero-order valence-corrected chi connectivity index (χ0v) is 71.1. The molecule has 13 aliphatic rings. The van der Waals surface area contributed by atoms with E-state index in [1.165, 1.54) is 164 Å². The zero-order valence-electron chi connectivity index (χ0n) is 77.1. The van der Waals surface area contributed by atoms with Crippen LogP contribution >= 0.6 is 0 Å². The van der Waals surface area contributed by atoms with Gasteiger partial charge in [0.05, 0.1) is 0 Å². The minimum atomic E-state index is -1.66. The summed E-state index contributed by atoms with van der Waals surface area (Å²) in [5.74, 6) is 4.98. The fraction of sp³-hybridized carbons (Fsp3) is 0.394. The van der Waals surface area contributed by atoms with E-state index in [4.69, 9.17) is 8.22 Å². The molecule has 6 nitrogen and oxygen atoms in total. The van der Waals surface area contributed by atoms with E-state index in [2.05, 4.69) is 296 Å². The standard InChI is InChI=1S/C21H26N.4C18H20N.C16H18N/c1-14-8-6-7-9-15(14)19-12-16-17-10-11-21(4,20(17,2)3)18(16)13-22(19)5;2*1-12-5-3-4-6-16(12)18-10-17-14-7-13(8-14)9-15(17)11-19(18)2;2*1-12-5-3-4-6-15(12)18-10-16-13-7-8-14(9-13)17(16)11-19(18)2;1-12-6-3-4-8-14(12)16-15-9-5-7-13(15)10-11-17(16)2/h6-9,12-13,17H,10-11H2,1-5H3;4*3-6,10-11,13-14H,7-9H2,1-2H3;3-4,6,8,10-11H,5,7,9H2,1-2H3/q6*+1/i;14D;;13D;;7D2,9D2. The summed E-state index contributed by atoms with van der Waals surface area (Å²) in [6, 6.07) is 64.7. The van der Waals surface area contributed by atoms with Crippen LogP contribution in [-0.2, 0) is 73.3 Å². The average molecular weight is 1520 g/mol. The van der Waals surface area contributed by atoms with Crippen molar-refractivity contribution in [3.63, 3.8) is 0 Å². The molecule has 0 N–H and O–H groups in total. The smallest absolute Gasteiger partial charge is 0.201 e. The Balaban J connectivity index is 0.0000000995. The molecular weight excluding hydrogens is 1390 g/mol. The Bertz CT molecular complexity index is 6020. The Morgan fingerprint density at radius 2 is 0.739 bits per heavy atom. The van der Waals surface area contributed by atoms with Crippen molar-refractivity contribution in [2.24, 2.45) is 59.5 Å². The lowest BCUT2D eigenvalue weighted by Crippen LogP contribution is -2.37. The highest BCUT2D eigenvalue weighted by Gasteiger charge is 2.61. The minimum absolute atomic E-state index is 0.127. The average Bonchev–Trinajstić information content (AvgIpc) is 1.53. The van der Waals surface area contributed by atoms with Gasteiger partial charge in [-0.1, -0.05) is 130 Å². The van der Waals surface area contributed by atoms with Gasteiger partial charge in [-0.25, -0.2) is 27.4 Å². The number of fused-ring (bicyclic) bond motifs is 16. The van der Waals surface area contributed by atoms with E-state index >= 15 is 0 Å². The van der Waals surface area contributed by atoms with Crippen molar-refractivity contribution in [3.8, 4) is 67.5 Å². The molecule has 6 aromatic carbocycles. The van der Waals surface area contributed by atoms with Crippen LogP contribution < -0.4 is 27.4 Å². The summed E-state index contributed by atoms with van der Waals surface area (Å²) in [5.41, 5.74) is 39.4. The van der Waals surface area contributed by atoms with Gasteiger partial charge < -0.3 is 0 Å². The van der Waals surface area contributed by atoms with Gasteiger partial charge in [0.1, 0.15) is 42.3 Å². The molecule has 13 aliphatic carbocycles. The highest BCUT2D eigenvalue weighted by Crippen LogP contribution is 2.68. The number of aryl methyl sites for hydroxylation is 13. The molecule has 0 amide bonds. The lowest BCUT2D eigenvalue weighted by molar-refractivity contribution is -0.661. The van der Waals surface area contributed by atoms with Gasteiger partial charge in [0.2, 0.25) is 34.2 Å². The molecule has 0 saturated heterocycles. The highest BCUT2D eigenvalue weighted by atomic mass is 15.0. The van der Waals surface area contributed by atoms with E-state index < -0.39 is 12.7 Å². The first-order valence-electron chi connectivity index (χ1n) is 46.3. The van der Waals surface area contributed by atoms with Gasteiger partial charge in [0, 0.05) is 117 Å². The lowest BCUT2D eigenvalue weighted by Gasteiger charge is -2.41. The third kappa shape index (κ3) is 13.9. The van der Waals surface area contributed by atoms with E-state index in [9.17, 15) is 0 Å². The molecule has 6 unspecified atom stereocenters. The van der Waals surface area contributed by atoms with E-state index in [-0.39, 0.29) is 18.2 Å². The molecule has 6 heteroatoms. The van der Waals surface area contributed by atoms with Crippen molar-refractivity contribution < 1.29 is 35.6 Å². The third-order valence-electron chi connectivity index (χ3n) is 29.8. The van der Waals surface area contributed by atoms with Gasteiger partial charge in [-0.05, 0) is 312 Å². The van der Waals surface area contributed by atoms with E-state index in [0.717, 1.165) is 84.4 Å². The maximum atomic E-state index is 8.73. The molecule has 5 saturated carbocycles. The summed E-state index contributed by atoms with van der Waals surface area (Å²) in [6.07, 6.45) is 27.7. The van der Waals surface area contributed by atoms with Crippen LogP contribution in [0.3, 0.4) is 0 Å². The van der Waals surface area contributed by atoms with Gasteiger partial charge in [0.15, 0.2) is 37.2 Å². The number of benzene rings is 6. The molecule has 25 rings (SSSR count). The first kappa shape index (κ1) is 69.5. The van der Waals surface area contributed by atoms with Crippen molar-refractivity contribution in [2.75, 3.05) is 0 Å². The molecule has 12 aromatic rings. The quantitative estimate of drug-likeness (QED) is 0.148. The molecule has 10 bridgehead atoms. The highest BCUT2D eigenvalue weighted by molar-refractivity contribution is 5.69.